The highest BCUT2D eigenvalue weighted by Crippen LogP contribution is 2.44. The molecular formula is C38H25N. The molecule has 0 heterocycles. The molecule has 0 aliphatic heterocycles. The quantitative estimate of drug-likeness (QED) is 0.220. The van der Waals surface area contributed by atoms with Crippen molar-refractivity contribution in [2.45, 2.75) is 0 Å². The highest BCUT2D eigenvalue weighted by atomic mass is 15.1. The van der Waals surface area contributed by atoms with Gasteiger partial charge in [-0.3, -0.25) is 0 Å². The van der Waals surface area contributed by atoms with Gasteiger partial charge < -0.3 is 4.90 Å². The summed E-state index contributed by atoms with van der Waals surface area (Å²) in [6.45, 7) is 0. The summed E-state index contributed by atoms with van der Waals surface area (Å²) in [7, 11) is 0. The van der Waals surface area contributed by atoms with Gasteiger partial charge in [-0.15, -0.1) is 0 Å². The summed E-state index contributed by atoms with van der Waals surface area (Å²) in [5.74, 6) is 0. The fourth-order valence-electron chi connectivity index (χ4n) is 6.24. The van der Waals surface area contributed by atoms with Crippen molar-refractivity contribution in [2.75, 3.05) is 4.90 Å². The molecule has 39 heavy (non-hydrogen) atoms. The summed E-state index contributed by atoms with van der Waals surface area (Å²) in [5.41, 5.74) is 3.49. The van der Waals surface area contributed by atoms with E-state index in [0.717, 1.165) is 5.69 Å². The van der Waals surface area contributed by atoms with E-state index in [1.54, 1.807) is 0 Å². The van der Waals surface area contributed by atoms with Crippen LogP contribution in [-0.2, 0) is 0 Å². The fourth-order valence-corrected chi connectivity index (χ4v) is 6.24. The zero-order chi connectivity index (χ0) is 25.8. The molecule has 0 saturated carbocycles. The van der Waals surface area contributed by atoms with Crippen molar-refractivity contribution in [2.24, 2.45) is 0 Å². The van der Waals surface area contributed by atoms with E-state index in [4.69, 9.17) is 0 Å². The largest absolute Gasteiger partial charge is 0.309 e. The maximum Gasteiger partial charge on any atom is 0.0540 e. The number of hydrogen-bond acceptors (Lipinski definition) is 1. The number of hydrogen-bond donors (Lipinski definition) is 0. The van der Waals surface area contributed by atoms with Gasteiger partial charge in [0.15, 0.2) is 0 Å². The number of nitrogens with zero attached hydrogens (tertiary/aromatic N) is 1. The highest BCUT2D eigenvalue weighted by molar-refractivity contribution is 6.20. The Bertz CT molecular complexity index is 2180. The van der Waals surface area contributed by atoms with Crippen LogP contribution in [0.15, 0.2) is 152 Å². The number of rotatable bonds is 3. The average molecular weight is 496 g/mol. The molecular weight excluding hydrogens is 470 g/mol. The van der Waals surface area contributed by atoms with Gasteiger partial charge in [0, 0.05) is 16.5 Å². The van der Waals surface area contributed by atoms with Crippen LogP contribution in [0.5, 0.6) is 0 Å². The van der Waals surface area contributed by atoms with Crippen molar-refractivity contribution in [3.8, 4) is 0 Å². The first-order valence-electron chi connectivity index (χ1n) is 13.5. The van der Waals surface area contributed by atoms with E-state index in [9.17, 15) is 0 Å². The first kappa shape index (κ1) is 21.9. The first-order valence-corrected chi connectivity index (χ1v) is 13.5. The number of para-hydroxylation sites is 1. The van der Waals surface area contributed by atoms with Crippen molar-refractivity contribution in [1.82, 2.24) is 0 Å². The molecule has 0 saturated heterocycles. The summed E-state index contributed by atoms with van der Waals surface area (Å²) in [6.07, 6.45) is 0. The van der Waals surface area contributed by atoms with Crippen LogP contribution in [0.25, 0.3) is 53.9 Å². The number of anilines is 3. The lowest BCUT2D eigenvalue weighted by molar-refractivity contribution is 1.31. The summed E-state index contributed by atoms with van der Waals surface area (Å²) in [5, 5.41) is 12.7. The number of benzene rings is 8. The van der Waals surface area contributed by atoms with E-state index in [1.165, 1.54) is 65.2 Å². The Morgan fingerprint density at radius 1 is 0.256 bits per heavy atom. The van der Waals surface area contributed by atoms with Crippen LogP contribution >= 0.6 is 0 Å². The predicted octanol–water partition coefficient (Wildman–Crippen LogP) is 10.9. The van der Waals surface area contributed by atoms with Gasteiger partial charge in [0.2, 0.25) is 0 Å². The van der Waals surface area contributed by atoms with E-state index >= 15 is 0 Å². The average Bonchev–Trinajstić information content (AvgIpc) is 3.01. The lowest BCUT2D eigenvalue weighted by Gasteiger charge is -2.28. The molecule has 0 aliphatic carbocycles. The van der Waals surface area contributed by atoms with Gasteiger partial charge in [0.05, 0.1) is 11.4 Å². The van der Waals surface area contributed by atoms with E-state index in [0.29, 0.717) is 0 Å². The van der Waals surface area contributed by atoms with Crippen LogP contribution in [-0.4, -0.2) is 0 Å². The summed E-state index contributed by atoms with van der Waals surface area (Å²) in [4.78, 5) is 2.42. The second kappa shape index (κ2) is 8.72. The minimum atomic E-state index is 1.14. The second-order valence-corrected chi connectivity index (χ2v) is 10.1. The van der Waals surface area contributed by atoms with Crippen LogP contribution in [0.4, 0.5) is 17.1 Å². The Morgan fingerprint density at radius 2 is 0.667 bits per heavy atom. The van der Waals surface area contributed by atoms with E-state index in [-0.39, 0.29) is 0 Å². The molecule has 0 spiro atoms. The van der Waals surface area contributed by atoms with E-state index < -0.39 is 0 Å². The minimum Gasteiger partial charge on any atom is -0.309 e. The molecule has 8 aromatic rings. The van der Waals surface area contributed by atoms with Crippen LogP contribution < -0.4 is 4.90 Å². The molecule has 0 amide bonds. The molecule has 0 atom stereocenters. The van der Waals surface area contributed by atoms with E-state index in [1.807, 2.05) is 0 Å². The van der Waals surface area contributed by atoms with Gasteiger partial charge in [-0.25, -0.2) is 0 Å². The first-order chi connectivity index (χ1) is 19.4. The van der Waals surface area contributed by atoms with Gasteiger partial charge in [0.1, 0.15) is 0 Å². The van der Waals surface area contributed by atoms with Crippen LogP contribution in [0.3, 0.4) is 0 Å². The molecule has 0 aromatic heterocycles. The standard InChI is InChI=1S/C38H25N/c1-2-12-28(13-3-1)39(37-18-8-16-31-29-14-6-4-11-27(29)21-23-35(31)37)38-19-9-17-32-34-22-20-26-10-5-7-15-30(26)33(34)24-25-36(32)38/h1-25H. The lowest BCUT2D eigenvalue weighted by Crippen LogP contribution is -2.11. The Labute approximate surface area is 227 Å². The third-order valence-electron chi connectivity index (χ3n) is 8.02. The van der Waals surface area contributed by atoms with Crippen molar-refractivity contribution in [3.05, 3.63) is 152 Å². The minimum absolute atomic E-state index is 1.14. The topological polar surface area (TPSA) is 3.24 Å². The van der Waals surface area contributed by atoms with Gasteiger partial charge in [-0.1, -0.05) is 127 Å². The lowest BCUT2D eigenvalue weighted by atomic mass is 9.95. The number of fused-ring (bicyclic) bond motifs is 8. The second-order valence-electron chi connectivity index (χ2n) is 10.1. The Kier molecular flexibility index (Phi) is 4.89. The highest BCUT2D eigenvalue weighted by Gasteiger charge is 2.19. The van der Waals surface area contributed by atoms with Crippen molar-refractivity contribution >= 4 is 70.9 Å². The van der Waals surface area contributed by atoms with Crippen molar-refractivity contribution in [3.63, 3.8) is 0 Å². The third-order valence-corrected chi connectivity index (χ3v) is 8.02. The van der Waals surface area contributed by atoms with E-state index in [2.05, 4.69) is 157 Å². The Hall–Kier alpha value is -5.14. The smallest absolute Gasteiger partial charge is 0.0540 e. The van der Waals surface area contributed by atoms with Crippen LogP contribution in [0.2, 0.25) is 0 Å². The summed E-state index contributed by atoms with van der Waals surface area (Å²) >= 11 is 0. The van der Waals surface area contributed by atoms with Gasteiger partial charge in [0.25, 0.3) is 0 Å². The molecule has 0 N–H and O–H groups in total. The molecule has 0 unspecified atom stereocenters. The molecule has 1 nitrogen and oxygen atoms in total. The maximum atomic E-state index is 2.42. The maximum absolute atomic E-state index is 2.42. The zero-order valence-corrected chi connectivity index (χ0v) is 21.4. The summed E-state index contributed by atoms with van der Waals surface area (Å²) < 4.78 is 0. The SMILES string of the molecule is c1ccc(N(c2cccc3c2ccc2ccccc23)c2cccc3c2ccc2c4ccccc4ccc32)cc1. The molecule has 182 valence electrons. The predicted molar refractivity (Wildman–Crippen MR) is 169 cm³/mol. The third kappa shape index (κ3) is 3.41. The summed E-state index contributed by atoms with van der Waals surface area (Å²) in [6, 6.07) is 55.1. The van der Waals surface area contributed by atoms with Gasteiger partial charge in [-0.2, -0.15) is 0 Å². The van der Waals surface area contributed by atoms with Gasteiger partial charge >= 0.3 is 0 Å². The van der Waals surface area contributed by atoms with Crippen molar-refractivity contribution in [1.29, 1.82) is 0 Å². The molecule has 0 fully saturated rings. The molecule has 0 radical (unpaired) electrons. The fraction of sp³-hybridized carbons (Fsp3) is 0. The zero-order valence-electron chi connectivity index (χ0n) is 21.4. The molecule has 1 heteroatoms. The molecule has 8 aromatic carbocycles. The van der Waals surface area contributed by atoms with Crippen LogP contribution in [0.1, 0.15) is 0 Å². The van der Waals surface area contributed by atoms with Crippen LogP contribution in [0, 0.1) is 0 Å². The van der Waals surface area contributed by atoms with Gasteiger partial charge in [-0.05, 0) is 67.4 Å². The molecule has 0 aliphatic rings. The Morgan fingerprint density at radius 3 is 1.31 bits per heavy atom. The van der Waals surface area contributed by atoms with Crippen molar-refractivity contribution < 1.29 is 0 Å². The Balaban J connectivity index is 1.45. The molecule has 8 rings (SSSR count). The molecule has 0 bridgehead atoms. The normalized spacial score (nSPS) is 11.6. The monoisotopic (exact) mass is 495 g/mol.